The van der Waals surface area contributed by atoms with Gasteiger partial charge in [0.25, 0.3) is 11.5 Å². The molecule has 168 valence electrons. The first-order valence-corrected chi connectivity index (χ1v) is 10.6. The summed E-state index contributed by atoms with van der Waals surface area (Å²) in [6, 6.07) is 2.70. The smallest absolute Gasteiger partial charge is 0.367 e. The lowest BCUT2D eigenvalue weighted by Crippen LogP contribution is -2.40. The Balaban J connectivity index is 1.56. The number of pyridine rings is 1. The average molecular weight is 437 g/mol. The van der Waals surface area contributed by atoms with Crippen molar-refractivity contribution < 1.29 is 18.0 Å². The number of rotatable bonds is 3. The molecule has 1 fully saturated rings. The third-order valence-corrected chi connectivity index (χ3v) is 6.26. The van der Waals surface area contributed by atoms with Gasteiger partial charge >= 0.3 is 6.18 Å². The van der Waals surface area contributed by atoms with Crippen molar-refractivity contribution >= 4 is 11.7 Å². The number of nitrogens with one attached hydrogen (secondary N) is 1. The zero-order valence-corrected chi connectivity index (χ0v) is 17.5. The Bertz CT molecular complexity index is 1030. The molecule has 0 saturated carbocycles. The lowest BCUT2D eigenvalue weighted by Gasteiger charge is -2.33. The number of piperidine rings is 1. The van der Waals surface area contributed by atoms with Crippen LogP contribution in [0.25, 0.3) is 0 Å². The number of aryl methyl sites for hydroxylation is 1. The summed E-state index contributed by atoms with van der Waals surface area (Å²) in [7, 11) is 1.61. The number of nitrogens with zero attached hydrogens (tertiary/aromatic N) is 4. The third kappa shape index (κ3) is 4.20. The minimum Gasteiger partial charge on any atom is -0.367 e. The normalized spacial score (nSPS) is 23.9. The van der Waals surface area contributed by atoms with E-state index in [-0.39, 0.29) is 29.8 Å². The SMILES string of the molecule is CC[C@@H]1C[C@H](C(F)(F)F)n2nc([C@H]3CCCN(C(=O)c4ccn(C)c(=O)c4)C3)cc2N1. The predicted octanol–water partition coefficient (Wildman–Crippen LogP) is 3.30. The average Bonchev–Trinajstić information content (AvgIpc) is 3.18. The first kappa shape index (κ1) is 21.5. The molecule has 31 heavy (non-hydrogen) atoms. The van der Waals surface area contributed by atoms with Gasteiger partial charge in [0.1, 0.15) is 5.82 Å². The molecule has 1 saturated heterocycles. The van der Waals surface area contributed by atoms with E-state index in [0.717, 1.165) is 17.5 Å². The Hall–Kier alpha value is -2.78. The van der Waals surface area contributed by atoms with Crippen LogP contribution in [-0.2, 0) is 7.05 Å². The maximum Gasteiger partial charge on any atom is 0.410 e. The summed E-state index contributed by atoms with van der Waals surface area (Å²) in [4.78, 5) is 26.4. The molecule has 3 atom stereocenters. The monoisotopic (exact) mass is 437 g/mol. The number of fused-ring (bicyclic) bond motifs is 1. The van der Waals surface area contributed by atoms with Gasteiger partial charge in [-0.15, -0.1) is 0 Å². The Morgan fingerprint density at radius 1 is 1.32 bits per heavy atom. The Labute approximate surface area is 177 Å². The van der Waals surface area contributed by atoms with E-state index in [4.69, 9.17) is 0 Å². The quantitative estimate of drug-likeness (QED) is 0.800. The zero-order valence-electron chi connectivity index (χ0n) is 17.5. The summed E-state index contributed by atoms with van der Waals surface area (Å²) in [6.07, 6.45) is -0.821. The van der Waals surface area contributed by atoms with Crippen LogP contribution in [0.15, 0.2) is 29.2 Å². The van der Waals surface area contributed by atoms with E-state index in [1.54, 1.807) is 30.3 Å². The van der Waals surface area contributed by atoms with Crippen molar-refractivity contribution in [3.63, 3.8) is 0 Å². The number of hydrogen-bond acceptors (Lipinski definition) is 4. The number of anilines is 1. The molecule has 1 N–H and O–H groups in total. The molecule has 1 amide bonds. The Morgan fingerprint density at radius 2 is 2.10 bits per heavy atom. The van der Waals surface area contributed by atoms with Gasteiger partial charge in [-0.1, -0.05) is 6.92 Å². The highest BCUT2D eigenvalue weighted by Gasteiger charge is 2.46. The lowest BCUT2D eigenvalue weighted by atomic mass is 9.94. The molecule has 0 aliphatic carbocycles. The molecule has 7 nitrogen and oxygen atoms in total. The number of alkyl halides is 3. The number of carbonyl (C=O) groups is 1. The molecule has 0 aromatic carbocycles. The molecule has 0 unspecified atom stereocenters. The van der Waals surface area contributed by atoms with Crippen LogP contribution in [0.2, 0.25) is 0 Å². The van der Waals surface area contributed by atoms with Crippen molar-refractivity contribution in [1.29, 1.82) is 0 Å². The van der Waals surface area contributed by atoms with E-state index in [2.05, 4.69) is 10.4 Å². The first-order chi connectivity index (χ1) is 14.7. The molecule has 4 rings (SSSR count). The fraction of sp³-hybridized carbons (Fsp3) is 0.571. The van der Waals surface area contributed by atoms with Gasteiger partial charge in [-0.3, -0.25) is 9.59 Å². The maximum absolute atomic E-state index is 13.6. The number of aromatic nitrogens is 3. The molecular formula is C21H26F3N5O2. The third-order valence-electron chi connectivity index (χ3n) is 6.26. The molecule has 10 heteroatoms. The van der Waals surface area contributed by atoms with Gasteiger partial charge in [0.2, 0.25) is 0 Å². The second-order valence-electron chi connectivity index (χ2n) is 8.40. The fourth-order valence-electron chi connectivity index (χ4n) is 4.40. The van der Waals surface area contributed by atoms with Gasteiger partial charge in [0.05, 0.1) is 5.69 Å². The van der Waals surface area contributed by atoms with Crippen LogP contribution in [0.5, 0.6) is 0 Å². The van der Waals surface area contributed by atoms with Crippen LogP contribution in [0.1, 0.15) is 60.6 Å². The fourth-order valence-corrected chi connectivity index (χ4v) is 4.40. The van der Waals surface area contributed by atoms with Crippen LogP contribution in [-0.4, -0.2) is 50.5 Å². The summed E-state index contributed by atoms with van der Waals surface area (Å²) in [5.41, 5.74) is 0.614. The van der Waals surface area contributed by atoms with Gasteiger partial charge in [-0.25, -0.2) is 4.68 Å². The van der Waals surface area contributed by atoms with Gasteiger partial charge < -0.3 is 14.8 Å². The minimum absolute atomic E-state index is 0.0492. The highest BCUT2D eigenvalue weighted by Crippen LogP contribution is 2.41. The number of halogens is 3. The second kappa shape index (κ2) is 8.05. The summed E-state index contributed by atoms with van der Waals surface area (Å²) >= 11 is 0. The Morgan fingerprint density at radius 3 is 2.77 bits per heavy atom. The number of carbonyl (C=O) groups excluding carboxylic acids is 1. The van der Waals surface area contributed by atoms with Crippen LogP contribution in [0.3, 0.4) is 0 Å². The van der Waals surface area contributed by atoms with Crippen molar-refractivity contribution in [2.75, 3.05) is 18.4 Å². The lowest BCUT2D eigenvalue weighted by molar-refractivity contribution is -0.173. The maximum atomic E-state index is 13.6. The van der Waals surface area contributed by atoms with E-state index in [0.29, 0.717) is 36.6 Å². The van der Waals surface area contributed by atoms with Crippen molar-refractivity contribution in [2.45, 2.75) is 56.8 Å². The topological polar surface area (TPSA) is 72.2 Å². The second-order valence-corrected chi connectivity index (χ2v) is 8.40. The molecule has 0 bridgehead atoms. The zero-order chi connectivity index (χ0) is 22.3. The molecule has 0 radical (unpaired) electrons. The van der Waals surface area contributed by atoms with Gasteiger partial charge in [-0.2, -0.15) is 18.3 Å². The van der Waals surface area contributed by atoms with E-state index >= 15 is 0 Å². The largest absolute Gasteiger partial charge is 0.410 e. The van der Waals surface area contributed by atoms with Crippen LogP contribution < -0.4 is 10.9 Å². The summed E-state index contributed by atoms with van der Waals surface area (Å²) in [5.74, 6) is -0.0211. The van der Waals surface area contributed by atoms with Crippen LogP contribution >= 0.6 is 0 Å². The highest BCUT2D eigenvalue weighted by atomic mass is 19.4. The van der Waals surface area contributed by atoms with E-state index in [1.165, 1.54) is 10.6 Å². The molecule has 4 heterocycles. The van der Waals surface area contributed by atoms with Gasteiger partial charge in [0, 0.05) is 56.0 Å². The molecular weight excluding hydrogens is 411 g/mol. The van der Waals surface area contributed by atoms with Crippen LogP contribution in [0.4, 0.5) is 19.0 Å². The molecule has 2 aromatic heterocycles. The molecule has 2 aliphatic rings. The van der Waals surface area contributed by atoms with E-state index in [1.807, 2.05) is 6.92 Å². The number of hydrogen-bond donors (Lipinski definition) is 1. The molecule has 2 aliphatic heterocycles. The van der Waals surface area contributed by atoms with E-state index in [9.17, 15) is 22.8 Å². The number of likely N-dealkylation sites (tertiary alicyclic amines) is 1. The van der Waals surface area contributed by atoms with Crippen molar-refractivity contribution in [3.05, 3.63) is 46.0 Å². The molecule has 0 spiro atoms. The summed E-state index contributed by atoms with van der Waals surface area (Å²) in [6.45, 7) is 2.76. The highest BCUT2D eigenvalue weighted by molar-refractivity contribution is 5.94. The first-order valence-electron chi connectivity index (χ1n) is 10.6. The van der Waals surface area contributed by atoms with Crippen molar-refractivity contribution in [2.24, 2.45) is 7.05 Å². The van der Waals surface area contributed by atoms with Crippen molar-refractivity contribution in [3.8, 4) is 0 Å². The minimum atomic E-state index is -4.37. The molecule has 2 aromatic rings. The number of amides is 1. The van der Waals surface area contributed by atoms with Gasteiger partial charge in [-0.05, 0) is 31.7 Å². The standard InChI is InChI=1S/C21H26F3N5O2/c1-3-15-10-17(21(22,23)24)29-18(25-15)11-16(26-29)14-5-4-7-28(12-14)20(31)13-6-8-27(2)19(30)9-13/h6,8-9,11,14-15,17,25H,3-5,7,10,12H2,1-2H3/t14-,15+,17+/m0/s1. The summed E-state index contributed by atoms with van der Waals surface area (Å²) < 4.78 is 43.3. The van der Waals surface area contributed by atoms with Gasteiger partial charge in [0.15, 0.2) is 6.04 Å². The predicted molar refractivity (Wildman–Crippen MR) is 109 cm³/mol. The van der Waals surface area contributed by atoms with Crippen molar-refractivity contribution in [1.82, 2.24) is 19.2 Å². The van der Waals surface area contributed by atoms with E-state index < -0.39 is 12.2 Å². The van der Waals surface area contributed by atoms with Crippen LogP contribution in [0, 0.1) is 0 Å². The summed E-state index contributed by atoms with van der Waals surface area (Å²) in [5, 5.41) is 7.49. The Kier molecular flexibility index (Phi) is 5.57.